The lowest BCUT2D eigenvalue weighted by Gasteiger charge is -2.17. The van der Waals surface area contributed by atoms with Crippen molar-refractivity contribution in [1.29, 1.82) is 0 Å². The third-order valence-corrected chi connectivity index (χ3v) is 4.61. The number of carbonyl (C=O) groups is 1. The minimum atomic E-state index is -0.536. The van der Waals surface area contributed by atoms with E-state index >= 15 is 4.39 Å². The number of halogens is 1. The first-order chi connectivity index (χ1) is 13.9. The van der Waals surface area contributed by atoms with Crippen molar-refractivity contribution in [1.82, 2.24) is 29.7 Å². The first kappa shape index (κ1) is 18.8. The highest BCUT2D eigenvalue weighted by Gasteiger charge is 2.21. The number of likely N-dealkylation sites (N-methyl/N-ethyl adjacent to an activating group) is 2. The van der Waals surface area contributed by atoms with E-state index in [2.05, 4.69) is 20.3 Å². The number of aromatic nitrogens is 5. The first-order valence-corrected chi connectivity index (χ1v) is 8.86. The van der Waals surface area contributed by atoms with E-state index in [-0.39, 0.29) is 18.1 Å². The highest BCUT2D eigenvalue weighted by atomic mass is 19.1. The predicted molar refractivity (Wildman–Crippen MR) is 107 cm³/mol. The van der Waals surface area contributed by atoms with Crippen LogP contribution in [0.25, 0.3) is 27.8 Å². The maximum atomic E-state index is 15.0. The molecule has 0 aliphatic heterocycles. The summed E-state index contributed by atoms with van der Waals surface area (Å²) in [5, 5.41) is 11.6. The van der Waals surface area contributed by atoms with Gasteiger partial charge in [0.05, 0.1) is 30.8 Å². The van der Waals surface area contributed by atoms with Crippen LogP contribution in [0.4, 0.5) is 10.2 Å². The summed E-state index contributed by atoms with van der Waals surface area (Å²) < 4.78 is 21.9. The number of nitrogens with zero attached hydrogens (tertiary/aromatic N) is 6. The van der Waals surface area contributed by atoms with Crippen LogP contribution >= 0.6 is 0 Å². The van der Waals surface area contributed by atoms with Crippen LogP contribution in [0.3, 0.4) is 0 Å². The Morgan fingerprint density at radius 2 is 2.10 bits per heavy atom. The minimum absolute atomic E-state index is 0.137. The molecule has 0 saturated carbocycles. The Morgan fingerprint density at radius 3 is 2.83 bits per heavy atom. The highest BCUT2D eigenvalue weighted by molar-refractivity contribution is 6.01. The predicted octanol–water partition coefficient (Wildman–Crippen LogP) is 1.94. The molecule has 0 saturated heterocycles. The molecule has 1 amide bonds. The van der Waals surface area contributed by atoms with E-state index in [0.29, 0.717) is 33.7 Å². The van der Waals surface area contributed by atoms with Crippen molar-refractivity contribution in [3.8, 4) is 17.0 Å². The summed E-state index contributed by atoms with van der Waals surface area (Å²) in [6, 6.07) is 4.86. The van der Waals surface area contributed by atoms with Crippen molar-refractivity contribution >= 4 is 28.3 Å². The quantitative estimate of drug-likeness (QED) is 0.553. The lowest BCUT2D eigenvalue weighted by atomic mass is 10.1. The lowest BCUT2D eigenvalue weighted by molar-refractivity contribution is -0.118. The van der Waals surface area contributed by atoms with Gasteiger partial charge in [-0.2, -0.15) is 10.2 Å². The Labute approximate surface area is 165 Å². The Hall–Kier alpha value is -3.53. The highest BCUT2D eigenvalue weighted by Crippen LogP contribution is 2.31. The fourth-order valence-corrected chi connectivity index (χ4v) is 3.12. The zero-order valence-electron chi connectivity index (χ0n) is 16.5. The maximum Gasteiger partial charge on any atom is 0.242 e. The van der Waals surface area contributed by atoms with Crippen LogP contribution in [0.1, 0.15) is 0 Å². The number of amides is 1. The largest absolute Gasteiger partial charge is 0.497 e. The van der Waals surface area contributed by atoms with Gasteiger partial charge in [0.15, 0.2) is 17.3 Å². The number of carbonyl (C=O) groups excluding carboxylic acids is 1. The summed E-state index contributed by atoms with van der Waals surface area (Å²) in [5.74, 6) is 0.255. The van der Waals surface area contributed by atoms with Gasteiger partial charge in [-0.05, 0) is 26.2 Å². The van der Waals surface area contributed by atoms with Crippen LogP contribution in [0.2, 0.25) is 0 Å². The summed E-state index contributed by atoms with van der Waals surface area (Å²) in [6.07, 6.45) is 3.28. The van der Waals surface area contributed by atoms with E-state index in [9.17, 15) is 4.79 Å². The molecule has 0 aliphatic rings. The zero-order chi connectivity index (χ0) is 20.7. The molecule has 9 nitrogen and oxygen atoms in total. The van der Waals surface area contributed by atoms with Crippen molar-refractivity contribution < 1.29 is 13.9 Å². The normalized spacial score (nSPS) is 11.5. The molecule has 1 N–H and O–H groups in total. The summed E-state index contributed by atoms with van der Waals surface area (Å²) in [6.45, 7) is 0.211. The van der Waals surface area contributed by atoms with Crippen LogP contribution in [-0.2, 0) is 4.79 Å². The van der Waals surface area contributed by atoms with Crippen LogP contribution in [0.5, 0.6) is 5.75 Å². The number of anilines is 1. The molecule has 0 radical (unpaired) electrons. The van der Waals surface area contributed by atoms with E-state index in [0.717, 1.165) is 0 Å². The number of fused-ring (bicyclic) bond motifs is 2. The number of nitrogens with one attached hydrogen (secondary N) is 1. The van der Waals surface area contributed by atoms with Gasteiger partial charge in [-0.1, -0.05) is 0 Å². The van der Waals surface area contributed by atoms with Gasteiger partial charge < -0.3 is 9.64 Å². The van der Waals surface area contributed by atoms with Gasteiger partial charge in [0.25, 0.3) is 0 Å². The van der Waals surface area contributed by atoms with Crippen LogP contribution in [0, 0.1) is 5.82 Å². The Bertz CT molecular complexity index is 1210. The second-order valence-corrected chi connectivity index (χ2v) is 6.91. The summed E-state index contributed by atoms with van der Waals surface area (Å²) in [5.41, 5.74) is 1.70. The smallest absolute Gasteiger partial charge is 0.242 e. The molecule has 0 unspecified atom stereocenters. The molecule has 4 aromatic rings. The molecule has 10 heteroatoms. The number of H-pyrrole nitrogens is 1. The number of pyridine rings is 2. The third kappa shape index (κ3) is 3.27. The summed E-state index contributed by atoms with van der Waals surface area (Å²) in [4.78, 5) is 19.9. The van der Waals surface area contributed by atoms with Crippen molar-refractivity contribution in [2.75, 3.05) is 39.7 Å². The molecule has 150 valence electrons. The van der Waals surface area contributed by atoms with E-state index < -0.39 is 5.82 Å². The molecule has 0 aromatic carbocycles. The van der Waals surface area contributed by atoms with Crippen molar-refractivity contribution in [3.05, 3.63) is 36.4 Å². The van der Waals surface area contributed by atoms with Gasteiger partial charge in [-0.3, -0.25) is 14.8 Å². The summed E-state index contributed by atoms with van der Waals surface area (Å²) in [7, 11) is 6.76. The Morgan fingerprint density at radius 1 is 1.31 bits per heavy atom. The molecule has 4 rings (SSSR count). The fourth-order valence-electron chi connectivity index (χ4n) is 3.12. The monoisotopic (exact) mass is 397 g/mol. The standard InChI is InChI=1S/C19H20FN7O2/c1-25(2)10-16(28)26(3)19-12-8-14(20)17(22-18(12)23-24-19)13-9-21-27-6-5-11(29-4)7-15(13)27/h5-9H,10H2,1-4H3,(H,22,23,24). The average molecular weight is 397 g/mol. The Kier molecular flexibility index (Phi) is 4.63. The second-order valence-electron chi connectivity index (χ2n) is 6.91. The van der Waals surface area contributed by atoms with Crippen molar-refractivity contribution in [3.63, 3.8) is 0 Å². The topological polar surface area (TPSA) is 91.6 Å². The fraction of sp³-hybridized carbons (Fsp3) is 0.263. The van der Waals surface area contributed by atoms with Crippen molar-refractivity contribution in [2.45, 2.75) is 0 Å². The van der Waals surface area contributed by atoms with Crippen LogP contribution < -0.4 is 9.64 Å². The third-order valence-electron chi connectivity index (χ3n) is 4.61. The molecule has 0 atom stereocenters. The van der Waals surface area contributed by atoms with E-state index in [1.165, 1.54) is 11.0 Å². The van der Waals surface area contributed by atoms with Crippen molar-refractivity contribution in [2.24, 2.45) is 0 Å². The van der Waals surface area contributed by atoms with E-state index in [1.54, 1.807) is 62.2 Å². The Balaban J connectivity index is 1.79. The SMILES string of the molecule is COc1ccn2ncc(-c3nc4[nH]nc(N(C)C(=O)CN(C)C)c4cc3F)c2c1. The first-order valence-electron chi connectivity index (χ1n) is 8.86. The molecule has 4 aromatic heterocycles. The van der Waals surface area contributed by atoms with Crippen LogP contribution in [-0.4, -0.2) is 70.4 Å². The van der Waals surface area contributed by atoms with Gasteiger partial charge in [0.2, 0.25) is 5.91 Å². The number of rotatable bonds is 5. The van der Waals surface area contributed by atoms with Gasteiger partial charge in [-0.25, -0.2) is 13.9 Å². The zero-order valence-corrected chi connectivity index (χ0v) is 16.5. The molecule has 0 bridgehead atoms. The maximum absolute atomic E-state index is 15.0. The molecular weight excluding hydrogens is 377 g/mol. The minimum Gasteiger partial charge on any atom is -0.497 e. The average Bonchev–Trinajstić information content (AvgIpc) is 3.29. The van der Waals surface area contributed by atoms with Gasteiger partial charge >= 0.3 is 0 Å². The van der Waals surface area contributed by atoms with Gasteiger partial charge in [0, 0.05) is 24.9 Å². The van der Waals surface area contributed by atoms with E-state index in [4.69, 9.17) is 4.74 Å². The molecular formula is C19H20FN7O2. The van der Waals surface area contributed by atoms with Crippen LogP contribution in [0.15, 0.2) is 30.6 Å². The second kappa shape index (κ2) is 7.13. The molecule has 0 spiro atoms. The molecule has 0 fully saturated rings. The molecule has 29 heavy (non-hydrogen) atoms. The molecule has 4 heterocycles. The number of hydrogen-bond donors (Lipinski definition) is 1. The number of ether oxygens (including phenoxy) is 1. The number of aromatic amines is 1. The molecule has 0 aliphatic carbocycles. The number of methoxy groups -OCH3 is 1. The summed E-state index contributed by atoms with van der Waals surface area (Å²) >= 11 is 0. The van der Waals surface area contributed by atoms with E-state index in [1.807, 2.05) is 0 Å². The van der Waals surface area contributed by atoms with Gasteiger partial charge in [-0.15, -0.1) is 0 Å². The number of hydrogen-bond acceptors (Lipinski definition) is 6. The van der Waals surface area contributed by atoms with Gasteiger partial charge in [0.1, 0.15) is 11.4 Å². The lowest BCUT2D eigenvalue weighted by Crippen LogP contribution is -2.35.